The molecular weight excluding hydrogens is 282 g/mol. The first-order valence-electron chi connectivity index (χ1n) is 7.64. The first kappa shape index (κ1) is 14.8. The Morgan fingerprint density at radius 1 is 1.38 bits per heavy atom. The topological polar surface area (TPSA) is 42.1 Å². The van der Waals surface area contributed by atoms with Gasteiger partial charge in [0, 0.05) is 35.7 Å². The van der Waals surface area contributed by atoms with Crippen LogP contribution in [0.1, 0.15) is 30.9 Å². The number of nitrogens with two attached hydrogens (primary N) is 1. The Morgan fingerprint density at radius 3 is 2.86 bits per heavy atom. The number of rotatable bonds is 5. The summed E-state index contributed by atoms with van der Waals surface area (Å²) in [6.07, 6.45) is 5.89. The van der Waals surface area contributed by atoms with Crippen LogP contribution < -0.4 is 5.73 Å². The summed E-state index contributed by atoms with van der Waals surface area (Å²) in [5.74, 6) is 0.829. The highest BCUT2D eigenvalue weighted by Crippen LogP contribution is 2.33. The highest BCUT2D eigenvalue weighted by atomic mass is 35.5. The highest BCUT2D eigenvalue weighted by Gasteiger charge is 2.24. The molecule has 2 aromatic rings. The largest absolute Gasteiger partial charge is 0.329 e. The van der Waals surface area contributed by atoms with Crippen molar-refractivity contribution in [2.24, 2.45) is 11.7 Å². The second-order valence-corrected chi connectivity index (χ2v) is 6.43. The van der Waals surface area contributed by atoms with Crippen molar-refractivity contribution in [3.8, 4) is 0 Å². The Morgan fingerprint density at radius 2 is 2.19 bits per heavy atom. The molecular formula is C17H22ClN3. The number of pyridine rings is 1. The van der Waals surface area contributed by atoms with Gasteiger partial charge >= 0.3 is 0 Å². The second-order valence-electron chi connectivity index (χ2n) is 6.02. The quantitative estimate of drug-likeness (QED) is 0.917. The third-order valence-electron chi connectivity index (χ3n) is 4.63. The van der Waals surface area contributed by atoms with Crippen LogP contribution in [0.4, 0.5) is 0 Å². The van der Waals surface area contributed by atoms with Crippen LogP contribution in [0.25, 0.3) is 10.9 Å². The van der Waals surface area contributed by atoms with E-state index in [0.717, 1.165) is 28.4 Å². The molecule has 1 atom stereocenters. The number of hydrogen-bond acceptors (Lipinski definition) is 3. The Bertz CT molecular complexity index is 624. The van der Waals surface area contributed by atoms with Gasteiger partial charge in [-0.3, -0.25) is 9.88 Å². The van der Waals surface area contributed by atoms with E-state index in [1.165, 1.54) is 24.8 Å². The summed E-state index contributed by atoms with van der Waals surface area (Å²) in [5, 5.41) is 1.76. The average molecular weight is 304 g/mol. The van der Waals surface area contributed by atoms with Crippen LogP contribution in [-0.2, 0) is 0 Å². The lowest BCUT2D eigenvalue weighted by Crippen LogP contribution is -2.36. The molecule has 1 aromatic carbocycles. The molecule has 0 saturated heterocycles. The summed E-state index contributed by atoms with van der Waals surface area (Å²) < 4.78 is 0. The lowest BCUT2D eigenvalue weighted by atomic mass is 9.84. The van der Waals surface area contributed by atoms with Gasteiger partial charge in [0.1, 0.15) is 0 Å². The van der Waals surface area contributed by atoms with Gasteiger partial charge in [-0.25, -0.2) is 0 Å². The molecule has 0 radical (unpaired) electrons. The van der Waals surface area contributed by atoms with Crippen LogP contribution in [-0.4, -0.2) is 30.0 Å². The van der Waals surface area contributed by atoms with E-state index in [-0.39, 0.29) is 6.04 Å². The van der Waals surface area contributed by atoms with E-state index in [1.54, 1.807) is 0 Å². The molecule has 1 heterocycles. The van der Waals surface area contributed by atoms with Crippen molar-refractivity contribution < 1.29 is 0 Å². The highest BCUT2D eigenvalue weighted by molar-refractivity contribution is 6.35. The van der Waals surface area contributed by atoms with E-state index in [1.807, 2.05) is 24.4 Å². The standard InChI is InChI=1S/C17H22ClN3/c1-21(11-12-4-2-5-12)16(10-19)14-7-8-15(18)13-6-3-9-20-17(13)14/h3,6-9,12,16H,2,4-5,10-11,19H2,1H3. The van der Waals surface area contributed by atoms with E-state index in [2.05, 4.69) is 23.0 Å². The molecule has 0 amide bonds. The fourth-order valence-corrected chi connectivity index (χ4v) is 3.40. The van der Waals surface area contributed by atoms with Gasteiger partial charge in [0.15, 0.2) is 0 Å². The fourth-order valence-electron chi connectivity index (χ4n) is 3.18. The molecule has 1 saturated carbocycles. The van der Waals surface area contributed by atoms with Crippen molar-refractivity contribution in [3.63, 3.8) is 0 Å². The van der Waals surface area contributed by atoms with Crippen molar-refractivity contribution in [3.05, 3.63) is 41.0 Å². The van der Waals surface area contributed by atoms with Gasteiger partial charge in [-0.15, -0.1) is 0 Å². The number of halogens is 1. The van der Waals surface area contributed by atoms with Crippen LogP contribution in [0.5, 0.6) is 0 Å². The van der Waals surface area contributed by atoms with Crippen LogP contribution in [0, 0.1) is 5.92 Å². The molecule has 3 rings (SSSR count). The number of likely N-dealkylation sites (N-methyl/N-ethyl adjacent to an activating group) is 1. The van der Waals surface area contributed by atoms with E-state index in [0.29, 0.717) is 6.54 Å². The number of hydrogen-bond donors (Lipinski definition) is 1. The Labute approximate surface area is 131 Å². The predicted octanol–water partition coefficient (Wildman–Crippen LogP) is 3.62. The molecule has 1 unspecified atom stereocenters. The number of benzene rings is 1. The first-order chi connectivity index (χ1) is 10.2. The van der Waals surface area contributed by atoms with E-state index in [4.69, 9.17) is 17.3 Å². The maximum atomic E-state index is 6.29. The summed E-state index contributed by atoms with van der Waals surface area (Å²) in [4.78, 5) is 6.92. The molecule has 1 aromatic heterocycles. The number of aromatic nitrogens is 1. The summed E-state index contributed by atoms with van der Waals surface area (Å²) in [6.45, 7) is 1.70. The minimum atomic E-state index is 0.195. The Hall–Kier alpha value is -1.16. The molecule has 112 valence electrons. The average Bonchev–Trinajstić information content (AvgIpc) is 2.46. The Kier molecular flexibility index (Phi) is 4.43. The zero-order chi connectivity index (χ0) is 14.8. The minimum absolute atomic E-state index is 0.195. The monoisotopic (exact) mass is 303 g/mol. The van der Waals surface area contributed by atoms with Gasteiger partial charge in [0.2, 0.25) is 0 Å². The fraction of sp³-hybridized carbons (Fsp3) is 0.471. The van der Waals surface area contributed by atoms with Gasteiger partial charge in [0.25, 0.3) is 0 Å². The zero-order valence-electron chi connectivity index (χ0n) is 12.4. The van der Waals surface area contributed by atoms with Crippen molar-refractivity contribution >= 4 is 22.5 Å². The maximum Gasteiger partial charge on any atom is 0.0765 e. The summed E-state index contributed by atoms with van der Waals surface area (Å²) in [5.41, 5.74) is 8.22. The van der Waals surface area contributed by atoms with Crippen LogP contribution in [0.2, 0.25) is 5.02 Å². The molecule has 21 heavy (non-hydrogen) atoms. The third-order valence-corrected chi connectivity index (χ3v) is 4.96. The van der Waals surface area contributed by atoms with Gasteiger partial charge in [0.05, 0.1) is 5.52 Å². The summed E-state index contributed by atoms with van der Waals surface area (Å²) in [7, 11) is 2.17. The molecule has 1 fully saturated rings. The second kappa shape index (κ2) is 6.30. The molecule has 4 heteroatoms. The van der Waals surface area contributed by atoms with Crippen molar-refractivity contribution in [2.75, 3.05) is 20.1 Å². The number of fused-ring (bicyclic) bond motifs is 1. The van der Waals surface area contributed by atoms with Crippen molar-refractivity contribution in [1.82, 2.24) is 9.88 Å². The molecule has 0 aliphatic heterocycles. The molecule has 3 nitrogen and oxygen atoms in total. The maximum absolute atomic E-state index is 6.29. The lowest BCUT2D eigenvalue weighted by Gasteiger charge is -2.35. The van der Waals surface area contributed by atoms with Crippen molar-refractivity contribution in [2.45, 2.75) is 25.3 Å². The third kappa shape index (κ3) is 2.91. The van der Waals surface area contributed by atoms with Gasteiger partial charge < -0.3 is 5.73 Å². The van der Waals surface area contributed by atoms with Gasteiger partial charge in [-0.2, -0.15) is 0 Å². The molecule has 1 aliphatic carbocycles. The predicted molar refractivity (Wildman–Crippen MR) is 88.5 cm³/mol. The van der Waals surface area contributed by atoms with Gasteiger partial charge in [-0.05, 0) is 49.6 Å². The van der Waals surface area contributed by atoms with Crippen LogP contribution in [0.3, 0.4) is 0 Å². The van der Waals surface area contributed by atoms with Crippen LogP contribution in [0.15, 0.2) is 30.5 Å². The normalized spacial score (nSPS) is 17.1. The first-order valence-corrected chi connectivity index (χ1v) is 8.02. The molecule has 0 bridgehead atoms. The Balaban J connectivity index is 1.94. The summed E-state index contributed by atoms with van der Waals surface area (Å²) >= 11 is 6.29. The SMILES string of the molecule is CN(CC1CCC1)C(CN)c1ccc(Cl)c2cccnc12. The van der Waals surface area contributed by atoms with Gasteiger partial charge in [-0.1, -0.05) is 24.1 Å². The minimum Gasteiger partial charge on any atom is -0.329 e. The molecule has 2 N–H and O–H groups in total. The smallest absolute Gasteiger partial charge is 0.0765 e. The lowest BCUT2D eigenvalue weighted by molar-refractivity contribution is 0.165. The number of nitrogens with zero attached hydrogens (tertiary/aromatic N) is 2. The van der Waals surface area contributed by atoms with E-state index >= 15 is 0 Å². The van der Waals surface area contributed by atoms with E-state index < -0.39 is 0 Å². The van der Waals surface area contributed by atoms with E-state index in [9.17, 15) is 0 Å². The van der Waals surface area contributed by atoms with Crippen molar-refractivity contribution in [1.29, 1.82) is 0 Å². The molecule has 1 aliphatic rings. The zero-order valence-corrected chi connectivity index (χ0v) is 13.2. The molecule has 0 spiro atoms. The van der Waals surface area contributed by atoms with Crippen LogP contribution >= 0.6 is 11.6 Å². The summed E-state index contributed by atoms with van der Waals surface area (Å²) in [6, 6.07) is 8.18.